The molecule has 1 amide bonds. The van der Waals surface area contributed by atoms with Crippen molar-refractivity contribution in [2.24, 2.45) is 5.41 Å². The number of halogens is 2. The number of imidazole rings is 1. The van der Waals surface area contributed by atoms with Crippen LogP contribution in [-0.4, -0.2) is 50.7 Å². The molecule has 0 radical (unpaired) electrons. The molecule has 4 N–H and O–H groups in total. The van der Waals surface area contributed by atoms with Crippen LogP contribution < -0.4 is 10.0 Å². The van der Waals surface area contributed by atoms with Gasteiger partial charge >= 0.3 is 0 Å². The lowest BCUT2D eigenvalue weighted by atomic mass is 9.92. The van der Waals surface area contributed by atoms with Gasteiger partial charge in [0, 0.05) is 30.3 Å². The Bertz CT molecular complexity index is 2240. The highest BCUT2D eigenvalue weighted by molar-refractivity contribution is 7.88. The number of sulfonamides is 1. The molecule has 4 aromatic heterocycles. The SMILES string of the molecule is CC(C)(C)CC(=O)Nc1cncc(-c2ncc3[nH]nc(-c4nc5c(-c6cc(F)cc(CNS(C)(=O)=O)c6)cccc5[nH]4)c3c2F)c1. The number of rotatable bonds is 8. The van der Waals surface area contributed by atoms with E-state index in [0.717, 1.165) is 6.26 Å². The Morgan fingerprint density at radius 1 is 0.978 bits per heavy atom. The summed E-state index contributed by atoms with van der Waals surface area (Å²) in [6.45, 7) is 5.80. The molecule has 2 aromatic carbocycles. The molecule has 0 atom stereocenters. The van der Waals surface area contributed by atoms with E-state index in [0.29, 0.717) is 50.9 Å². The molecule has 0 fully saturated rings. The van der Waals surface area contributed by atoms with Gasteiger partial charge in [-0.15, -0.1) is 0 Å². The number of H-pyrrole nitrogens is 2. The maximum absolute atomic E-state index is 16.2. The van der Waals surface area contributed by atoms with Crippen molar-refractivity contribution in [3.63, 3.8) is 0 Å². The number of carbonyl (C=O) groups excluding carboxylic acids is 1. The van der Waals surface area contributed by atoms with Crippen LogP contribution in [0.3, 0.4) is 0 Å². The third-order valence-electron chi connectivity index (χ3n) is 7.07. The third-order valence-corrected chi connectivity index (χ3v) is 7.74. The van der Waals surface area contributed by atoms with Crippen molar-refractivity contribution in [2.45, 2.75) is 33.7 Å². The Balaban J connectivity index is 1.38. The van der Waals surface area contributed by atoms with Crippen LogP contribution in [-0.2, 0) is 21.4 Å². The molecule has 0 aliphatic rings. The van der Waals surface area contributed by atoms with E-state index in [1.165, 1.54) is 30.7 Å². The number of anilines is 1. The number of nitrogens with one attached hydrogen (secondary N) is 4. The van der Waals surface area contributed by atoms with E-state index in [4.69, 9.17) is 4.98 Å². The molecule has 46 heavy (non-hydrogen) atoms. The summed E-state index contributed by atoms with van der Waals surface area (Å²) in [7, 11) is -3.48. The lowest BCUT2D eigenvalue weighted by molar-refractivity contribution is -0.117. The number of carbonyl (C=O) groups is 1. The summed E-state index contributed by atoms with van der Waals surface area (Å²) in [6.07, 6.45) is 5.74. The van der Waals surface area contributed by atoms with E-state index in [-0.39, 0.29) is 40.5 Å². The standard InChI is InChI=1S/C32H30F2N8O3S/c1-32(2,3)12-25(43)38-21-11-19(14-35-15-21)28-27(34)26-24(16-36-28)41-42-30(26)31-39-23-7-5-6-22(29(23)40-31)18-8-17(9-20(33)10-18)13-37-46(4,44)45/h5-11,14-16,37H,12-13H2,1-4H3,(H,38,43)(H,39,40)(H,41,42). The van der Waals surface area contributed by atoms with E-state index in [1.54, 1.807) is 30.3 Å². The van der Waals surface area contributed by atoms with Crippen molar-refractivity contribution in [3.8, 4) is 33.9 Å². The quantitative estimate of drug-likeness (QED) is 0.160. The second kappa shape index (κ2) is 11.7. The molecule has 6 rings (SSSR count). The van der Waals surface area contributed by atoms with E-state index in [9.17, 15) is 17.6 Å². The van der Waals surface area contributed by atoms with Gasteiger partial charge in [-0.25, -0.2) is 26.9 Å². The molecule has 0 spiro atoms. The molecule has 236 valence electrons. The molecule has 4 heterocycles. The van der Waals surface area contributed by atoms with Crippen molar-refractivity contribution in [1.82, 2.24) is 34.9 Å². The topological polar surface area (TPSA) is 158 Å². The van der Waals surface area contributed by atoms with Crippen LogP contribution in [0.4, 0.5) is 14.5 Å². The Labute approximate surface area is 263 Å². The number of fused-ring (bicyclic) bond motifs is 2. The Morgan fingerprint density at radius 2 is 1.78 bits per heavy atom. The van der Waals surface area contributed by atoms with E-state index >= 15 is 4.39 Å². The summed E-state index contributed by atoms with van der Waals surface area (Å²) in [6, 6.07) is 11.2. The van der Waals surface area contributed by atoms with Crippen molar-refractivity contribution in [1.29, 1.82) is 0 Å². The molecule has 6 aromatic rings. The number of hydrogen-bond acceptors (Lipinski definition) is 7. The number of nitrogens with zero attached hydrogens (tertiary/aromatic N) is 4. The van der Waals surface area contributed by atoms with Crippen LogP contribution in [0.5, 0.6) is 0 Å². The molecular weight excluding hydrogens is 614 g/mol. The van der Waals surface area contributed by atoms with Crippen LogP contribution in [0.25, 0.3) is 55.8 Å². The minimum atomic E-state index is -3.48. The Hall–Kier alpha value is -5.08. The molecule has 0 unspecified atom stereocenters. The summed E-state index contributed by atoms with van der Waals surface area (Å²) >= 11 is 0. The smallest absolute Gasteiger partial charge is 0.224 e. The average Bonchev–Trinajstić information content (AvgIpc) is 3.59. The molecular formula is C32H30F2N8O3S. The van der Waals surface area contributed by atoms with Gasteiger partial charge in [0.2, 0.25) is 15.9 Å². The number of aromatic amines is 2. The van der Waals surface area contributed by atoms with Gasteiger partial charge in [0.05, 0.1) is 46.3 Å². The highest BCUT2D eigenvalue weighted by atomic mass is 32.2. The number of hydrogen-bond donors (Lipinski definition) is 4. The zero-order chi connectivity index (χ0) is 32.8. The number of para-hydroxylation sites is 1. The highest BCUT2D eigenvalue weighted by Gasteiger charge is 2.22. The molecule has 0 bridgehead atoms. The zero-order valence-electron chi connectivity index (χ0n) is 25.4. The van der Waals surface area contributed by atoms with Crippen molar-refractivity contribution in [2.75, 3.05) is 11.6 Å². The first-order valence-corrected chi connectivity index (χ1v) is 16.1. The summed E-state index contributed by atoms with van der Waals surface area (Å²) in [4.78, 5) is 28.9. The minimum Gasteiger partial charge on any atom is -0.337 e. The molecule has 14 heteroatoms. The average molecular weight is 645 g/mol. The normalized spacial score (nSPS) is 12.2. The van der Waals surface area contributed by atoms with E-state index in [1.807, 2.05) is 20.8 Å². The van der Waals surface area contributed by atoms with Crippen LogP contribution in [0, 0.1) is 17.0 Å². The molecule has 0 aliphatic carbocycles. The fraction of sp³-hybridized carbons (Fsp3) is 0.219. The van der Waals surface area contributed by atoms with Crippen molar-refractivity contribution < 1.29 is 22.0 Å². The van der Waals surface area contributed by atoms with Crippen LogP contribution in [0.15, 0.2) is 61.1 Å². The largest absolute Gasteiger partial charge is 0.337 e. The second-order valence-corrected chi connectivity index (χ2v) is 14.1. The van der Waals surface area contributed by atoms with E-state index in [2.05, 4.69) is 35.2 Å². The number of benzene rings is 2. The Kier molecular flexibility index (Phi) is 7.86. The fourth-order valence-corrected chi connectivity index (χ4v) is 5.60. The molecule has 11 nitrogen and oxygen atoms in total. The fourth-order valence-electron chi connectivity index (χ4n) is 5.17. The van der Waals surface area contributed by atoms with Gasteiger partial charge < -0.3 is 10.3 Å². The number of pyridine rings is 2. The van der Waals surface area contributed by atoms with Gasteiger partial charge in [0.1, 0.15) is 17.2 Å². The van der Waals surface area contributed by atoms with Gasteiger partial charge in [-0.3, -0.25) is 19.9 Å². The maximum Gasteiger partial charge on any atom is 0.224 e. The lowest BCUT2D eigenvalue weighted by Crippen LogP contribution is -2.21. The first kappa shape index (κ1) is 30.9. The third kappa shape index (κ3) is 6.62. The lowest BCUT2D eigenvalue weighted by Gasteiger charge is -2.17. The first-order valence-electron chi connectivity index (χ1n) is 14.3. The predicted octanol–water partition coefficient (Wildman–Crippen LogP) is 5.93. The van der Waals surface area contributed by atoms with Gasteiger partial charge in [-0.1, -0.05) is 32.9 Å². The second-order valence-electron chi connectivity index (χ2n) is 12.3. The van der Waals surface area contributed by atoms with Gasteiger partial charge in [0.25, 0.3) is 0 Å². The number of amides is 1. The Morgan fingerprint density at radius 3 is 2.54 bits per heavy atom. The molecule has 0 saturated carbocycles. The highest BCUT2D eigenvalue weighted by Crippen LogP contribution is 2.35. The van der Waals surface area contributed by atoms with Crippen LogP contribution >= 0.6 is 0 Å². The van der Waals surface area contributed by atoms with Crippen LogP contribution in [0.2, 0.25) is 0 Å². The van der Waals surface area contributed by atoms with Gasteiger partial charge in [-0.2, -0.15) is 5.10 Å². The maximum atomic E-state index is 16.2. The molecule has 0 aliphatic heterocycles. The summed E-state index contributed by atoms with van der Waals surface area (Å²) in [5.41, 5.74) is 3.71. The monoisotopic (exact) mass is 644 g/mol. The van der Waals surface area contributed by atoms with Gasteiger partial charge in [-0.05, 0) is 46.9 Å². The summed E-state index contributed by atoms with van der Waals surface area (Å²) < 4.78 is 56.4. The van der Waals surface area contributed by atoms with Crippen molar-refractivity contribution >= 4 is 43.6 Å². The predicted molar refractivity (Wildman–Crippen MR) is 172 cm³/mol. The van der Waals surface area contributed by atoms with Crippen LogP contribution in [0.1, 0.15) is 32.8 Å². The summed E-state index contributed by atoms with van der Waals surface area (Å²) in [5, 5.41) is 10.1. The zero-order valence-corrected chi connectivity index (χ0v) is 26.2. The number of aromatic nitrogens is 6. The van der Waals surface area contributed by atoms with E-state index < -0.39 is 21.7 Å². The molecule has 0 saturated heterocycles. The van der Waals surface area contributed by atoms with Gasteiger partial charge in [0.15, 0.2) is 11.6 Å². The first-order chi connectivity index (χ1) is 21.7. The summed E-state index contributed by atoms with van der Waals surface area (Å²) in [5.74, 6) is -1.11. The van der Waals surface area contributed by atoms with Crippen molar-refractivity contribution in [3.05, 3.63) is 78.3 Å². The minimum absolute atomic E-state index is 0.0152.